The van der Waals surface area contributed by atoms with Crippen molar-refractivity contribution in [2.75, 3.05) is 11.9 Å². The number of halogens is 1. The number of nitrogens with zero attached hydrogens (tertiary/aromatic N) is 2. The molecular weight excluding hydrogens is 537 g/mol. The molecule has 0 radical (unpaired) electrons. The molecule has 2 aliphatic rings. The van der Waals surface area contributed by atoms with Crippen molar-refractivity contribution < 1.29 is 13.9 Å². The Morgan fingerprint density at radius 2 is 1.98 bits per heavy atom. The van der Waals surface area contributed by atoms with Crippen molar-refractivity contribution in [3.8, 4) is 22.1 Å². The summed E-state index contributed by atoms with van der Waals surface area (Å²) in [6.07, 6.45) is 10.4. The van der Waals surface area contributed by atoms with Gasteiger partial charge in [-0.15, -0.1) is 11.3 Å². The van der Waals surface area contributed by atoms with Crippen LogP contribution in [0.1, 0.15) is 51.5 Å². The lowest BCUT2D eigenvalue weighted by molar-refractivity contribution is 0.251. The van der Waals surface area contributed by atoms with E-state index in [1.165, 1.54) is 48.3 Å². The minimum absolute atomic E-state index is 0.0803. The van der Waals surface area contributed by atoms with Crippen LogP contribution >= 0.6 is 11.3 Å². The maximum atomic E-state index is 14.9. The van der Waals surface area contributed by atoms with E-state index in [4.69, 9.17) is 9.72 Å². The van der Waals surface area contributed by atoms with Crippen LogP contribution in [0.4, 0.5) is 14.9 Å². The average Bonchev–Trinajstić information content (AvgIpc) is 3.65. The van der Waals surface area contributed by atoms with Crippen LogP contribution < -0.4 is 20.7 Å². The fraction of sp³-hybridized carbons (Fsp3) is 0.406. The molecule has 9 heteroatoms. The Kier molecular flexibility index (Phi) is 8.16. The monoisotopic (exact) mass is 573 g/mol. The van der Waals surface area contributed by atoms with E-state index >= 15 is 0 Å². The number of benzene rings is 1. The smallest absolute Gasteiger partial charge is 0.319 e. The molecule has 3 N–H and O–H groups in total. The number of anilines is 1. The van der Waals surface area contributed by atoms with Gasteiger partial charge in [-0.1, -0.05) is 13.0 Å². The van der Waals surface area contributed by atoms with Gasteiger partial charge >= 0.3 is 6.03 Å². The average molecular weight is 574 g/mol. The molecule has 0 bridgehead atoms. The molecule has 3 atom stereocenters. The molecule has 1 saturated heterocycles. The number of thiophene rings is 1. The minimum Gasteiger partial charge on any atom is -0.453 e. The van der Waals surface area contributed by atoms with Gasteiger partial charge in [0.1, 0.15) is 5.75 Å². The molecule has 1 aliphatic heterocycles. The number of carbonyl (C=O) groups is 1. The Bertz CT molecular complexity index is 1520. The molecule has 1 aliphatic carbocycles. The molecule has 1 aromatic carbocycles. The van der Waals surface area contributed by atoms with Crippen LogP contribution in [0.2, 0.25) is 0 Å². The Morgan fingerprint density at radius 1 is 1.10 bits per heavy atom. The van der Waals surface area contributed by atoms with E-state index < -0.39 is 5.82 Å². The SMILES string of the molecule is CC1CC(C)C(Cc2ccc(-c3cc4nccc(Oc5ccc(NC(=O)NC6CC6)cc5F)c4s3)nc2)CCCN1. The highest BCUT2D eigenvalue weighted by Crippen LogP contribution is 2.39. The third-order valence-corrected chi connectivity index (χ3v) is 9.21. The lowest BCUT2D eigenvalue weighted by Crippen LogP contribution is -2.34. The largest absolute Gasteiger partial charge is 0.453 e. The van der Waals surface area contributed by atoms with Gasteiger partial charge < -0.3 is 20.7 Å². The van der Waals surface area contributed by atoms with Crippen molar-refractivity contribution in [1.29, 1.82) is 0 Å². The van der Waals surface area contributed by atoms with Crippen molar-refractivity contribution in [2.45, 2.75) is 64.5 Å². The summed E-state index contributed by atoms with van der Waals surface area (Å²) in [5.74, 6) is 1.39. The molecule has 3 unspecified atom stereocenters. The zero-order valence-corrected chi connectivity index (χ0v) is 24.3. The summed E-state index contributed by atoms with van der Waals surface area (Å²) in [5.41, 5.74) is 3.30. The number of carbonyl (C=O) groups excluding carboxylic acids is 1. The summed E-state index contributed by atoms with van der Waals surface area (Å²) in [6, 6.07) is 12.9. The Balaban J connectivity index is 1.15. The Hall–Kier alpha value is -3.56. The first-order valence-corrected chi connectivity index (χ1v) is 15.3. The maximum Gasteiger partial charge on any atom is 0.319 e. The fourth-order valence-electron chi connectivity index (χ4n) is 5.61. The van der Waals surface area contributed by atoms with E-state index in [2.05, 4.69) is 46.9 Å². The predicted octanol–water partition coefficient (Wildman–Crippen LogP) is 7.53. The van der Waals surface area contributed by atoms with Crippen molar-refractivity contribution in [3.05, 3.63) is 66.2 Å². The van der Waals surface area contributed by atoms with Crippen LogP contribution in [0.5, 0.6) is 11.5 Å². The van der Waals surface area contributed by atoms with Gasteiger partial charge in [0.05, 0.1) is 20.8 Å². The number of aromatic nitrogens is 2. The van der Waals surface area contributed by atoms with Gasteiger partial charge in [-0.3, -0.25) is 9.97 Å². The Morgan fingerprint density at radius 3 is 2.76 bits per heavy atom. The van der Waals surface area contributed by atoms with Crippen molar-refractivity contribution in [2.24, 2.45) is 11.8 Å². The van der Waals surface area contributed by atoms with E-state index in [0.29, 0.717) is 29.3 Å². The molecule has 7 nitrogen and oxygen atoms in total. The summed E-state index contributed by atoms with van der Waals surface area (Å²) in [4.78, 5) is 22.3. The quantitative estimate of drug-likeness (QED) is 0.213. The van der Waals surface area contributed by atoms with Crippen molar-refractivity contribution in [1.82, 2.24) is 20.6 Å². The van der Waals surface area contributed by atoms with Gasteiger partial charge in [0.15, 0.2) is 11.6 Å². The number of urea groups is 1. The van der Waals surface area contributed by atoms with Crippen LogP contribution in [0.3, 0.4) is 0 Å². The number of amides is 2. The number of nitrogens with one attached hydrogen (secondary N) is 3. The number of pyridine rings is 2. The van der Waals surface area contributed by atoms with Gasteiger partial charge in [0, 0.05) is 42.3 Å². The molecule has 2 fully saturated rings. The normalized spacial score (nSPS) is 21.2. The van der Waals surface area contributed by atoms with E-state index in [0.717, 1.165) is 46.6 Å². The number of fused-ring (bicyclic) bond motifs is 1. The zero-order valence-electron chi connectivity index (χ0n) is 23.5. The summed E-state index contributed by atoms with van der Waals surface area (Å²) < 4.78 is 21.7. The molecule has 4 heterocycles. The van der Waals surface area contributed by atoms with Gasteiger partial charge in [0.25, 0.3) is 0 Å². The molecular formula is C32H36FN5O2S. The summed E-state index contributed by atoms with van der Waals surface area (Å²) in [6.45, 7) is 5.76. The second kappa shape index (κ2) is 12.1. The standard InChI is InChI=1S/C32H36FN5O2S/c1-19-14-20(2)34-12-3-4-22(19)15-21-5-9-26(36-18-21)30-17-27-31(41-30)29(11-13-35-27)40-28-10-8-24(16-25(28)33)38-32(39)37-23-6-7-23/h5,8-11,13,16-20,22-23,34H,3-4,6-7,12,14-15H2,1-2H3,(H2,37,38,39). The number of hydrogen-bond acceptors (Lipinski definition) is 6. The molecule has 41 heavy (non-hydrogen) atoms. The highest BCUT2D eigenvalue weighted by Gasteiger charge is 2.24. The van der Waals surface area contributed by atoms with Crippen LogP contribution in [-0.4, -0.2) is 34.6 Å². The van der Waals surface area contributed by atoms with Gasteiger partial charge in [-0.25, -0.2) is 9.18 Å². The van der Waals surface area contributed by atoms with E-state index in [1.807, 2.05) is 12.3 Å². The van der Waals surface area contributed by atoms with Gasteiger partial charge in [0.2, 0.25) is 0 Å². The van der Waals surface area contributed by atoms with Crippen LogP contribution in [-0.2, 0) is 6.42 Å². The highest BCUT2D eigenvalue weighted by atomic mass is 32.1. The van der Waals surface area contributed by atoms with Gasteiger partial charge in [-0.05, 0) is 93.7 Å². The number of ether oxygens (including phenoxy) is 1. The van der Waals surface area contributed by atoms with Crippen molar-refractivity contribution >= 4 is 33.3 Å². The first-order chi connectivity index (χ1) is 19.9. The lowest BCUT2D eigenvalue weighted by atomic mass is 9.80. The van der Waals surface area contributed by atoms with Gasteiger partial charge in [-0.2, -0.15) is 0 Å². The summed E-state index contributed by atoms with van der Waals surface area (Å²) >= 11 is 1.53. The van der Waals surface area contributed by atoms with E-state index in [1.54, 1.807) is 18.3 Å². The first-order valence-electron chi connectivity index (χ1n) is 14.5. The predicted molar refractivity (Wildman–Crippen MR) is 162 cm³/mol. The molecule has 6 rings (SSSR count). The maximum absolute atomic E-state index is 14.9. The third kappa shape index (κ3) is 6.85. The summed E-state index contributed by atoms with van der Waals surface area (Å²) in [5, 5.41) is 9.10. The molecule has 1 saturated carbocycles. The minimum atomic E-state index is -0.558. The van der Waals surface area contributed by atoms with Crippen LogP contribution in [0.25, 0.3) is 20.8 Å². The van der Waals surface area contributed by atoms with E-state index in [-0.39, 0.29) is 17.8 Å². The second-order valence-electron chi connectivity index (χ2n) is 11.5. The molecule has 4 aromatic rings. The second-order valence-corrected chi connectivity index (χ2v) is 12.5. The zero-order chi connectivity index (χ0) is 28.3. The van der Waals surface area contributed by atoms with Crippen LogP contribution in [0, 0.1) is 17.7 Å². The lowest BCUT2D eigenvalue weighted by Gasteiger charge is -2.30. The fourth-order valence-corrected chi connectivity index (χ4v) is 6.65. The highest BCUT2D eigenvalue weighted by molar-refractivity contribution is 7.22. The summed E-state index contributed by atoms with van der Waals surface area (Å²) in [7, 11) is 0. The number of hydrogen-bond donors (Lipinski definition) is 3. The van der Waals surface area contributed by atoms with E-state index in [9.17, 15) is 9.18 Å². The topological polar surface area (TPSA) is 88.2 Å². The third-order valence-electron chi connectivity index (χ3n) is 8.05. The Labute approximate surface area is 243 Å². The molecule has 214 valence electrons. The molecule has 3 aromatic heterocycles. The first kappa shape index (κ1) is 27.6. The number of rotatable bonds is 7. The molecule has 0 spiro atoms. The van der Waals surface area contributed by atoms with Crippen molar-refractivity contribution in [3.63, 3.8) is 0 Å². The van der Waals surface area contributed by atoms with Crippen LogP contribution in [0.15, 0.2) is 54.9 Å². The molecule has 2 amide bonds.